The molecule has 198 valence electrons. The predicted octanol–water partition coefficient (Wildman–Crippen LogP) is 3.55. The average Bonchev–Trinajstić information content (AvgIpc) is 3.42. The van der Waals surface area contributed by atoms with Crippen LogP contribution in [0, 0.1) is 0 Å². The molecular weight excluding hydrogens is 488 g/mol. The molecule has 2 heterocycles. The van der Waals surface area contributed by atoms with Gasteiger partial charge in [0, 0.05) is 12.1 Å². The van der Waals surface area contributed by atoms with E-state index in [1.54, 1.807) is 18.2 Å². The van der Waals surface area contributed by atoms with E-state index in [1.165, 1.54) is 0 Å². The second kappa shape index (κ2) is 12.0. The highest BCUT2D eigenvalue weighted by atomic mass is 16.7. The first-order valence-electron chi connectivity index (χ1n) is 12.6. The molecule has 0 aliphatic carbocycles. The van der Waals surface area contributed by atoms with Gasteiger partial charge in [0.25, 0.3) is 5.91 Å². The van der Waals surface area contributed by atoms with Crippen molar-refractivity contribution in [3.05, 3.63) is 83.9 Å². The molecule has 1 saturated heterocycles. The molecule has 2 amide bonds. The molecule has 3 aromatic carbocycles. The second-order valence-corrected chi connectivity index (χ2v) is 9.24. The van der Waals surface area contributed by atoms with Crippen molar-refractivity contribution in [2.75, 3.05) is 13.4 Å². The maximum atomic E-state index is 12.7. The van der Waals surface area contributed by atoms with Crippen LogP contribution in [-0.2, 0) is 16.1 Å². The first-order chi connectivity index (χ1) is 18.6. The van der Waals surface area contributed by atoms with Crippen LogP contribution < -0.4 is 24.8 Å². The van der Waals surface area contributed by atoms with E-state index in [2.05, 4.69) is 10.6 Å². The highest BCUT2D eigenvalue weighted by molar-refractivity contribution is 5.95. The molecule has 3 aromatic rings. The summed E-state index contributed by atoms with van der Waals surface area (Å²) in [5.41, 5.74) is 1.38. The number of para-hydroxylation sites is 1. The lowest BCUT2D eigenvalue weighted by Gasteiger charge is -2.36. The zero-order valence-corrected chi connectivity index (χ0v) is 20.8. The Balaban J connectivity index is 1.07. The van der Waals surface area contributed by atoms with Crippen molar-refractivity contribution in [3.63, 3.8) is 0 Å². The Morgan fingerprint density at radius 3 is 2.47 bits per heavy atom. The summed E-state index contributed by atoms with van der Waals surface area (Å²) in [6.45, 7) is 0.255. The van der Waals surface area contributed by atoms with Crippen LogP contribution in [0.2, 0.25) is 0 Å². The number of nitrogens with one attached hydrogen (secondary N) is 2. The van der Waals surface area contributed by atoms with Crippen LogP contribution in [0.1, 0.15) is 35.2 Å². The van der Waals surface area contributed by atoms with Gasteiger partial charge >= 0.3 is 0 Å². The van der Waals surface area contributed by atoms with Crippen LogP contribution in [0.5, 0.6) is 23.0 Å². The largest absolute Gasteiger partial charge is 0.457 e. The Hall–Kier alpha value is -4.08. The maximum absolute atomic E-state index is 12.7. The van der Waals surface area contributed by atoms with Gasteiger partial charge < -0.3 is 34.7 Å². The van der Waals surface area contributed by atoms with E-state index in [1.807, 2.05) is 54.6 Å². The minimum absolute atomic E-state index is 0.133. The lowest BCUT2D eigenvalue weighted by Crippen LogP contribution is -2.51. The van der Waals surface area contributed by atoms with Gasteiger partial charge in [-0.25, -0.2) is 0 Å². The normalized spacial score (nSPS) is 20.0. The number of ether oxygens (including phenoxy) is 4. The van der Waals surface area contributed by atoms with E-state index in [0.29, 0.717) is 36.4 Å². The fourth-order valence-electron chi connectivity index (χ4n) is 4.52. The third kappa shape index (κ3) is 6.42. The van der Waals surface area contributed by atoms with E-state index in [4.69, 9.17) is 18.9 Å². The number of rotatable bonds is 9. The summed E-state index contributed by atoms with van der Waals surface area (Å²) in [5.74, 6) is 2.18. The van der Waals surface area contributed by atoms with E-state index in [9.17, 15) is 14.7 Å². The molecule has 2 aliphatic rings. The van der Waals surface area contributed by atoms with E-state index < -0.39 is 6.10 Å². The molecule has 0 bridgehead atoms. The van der Waals surface area contributed by atoms with Gasteiger partial charge in [0.05, 0.1) is 25.2 Å². The topological polar surface area (TPSA) is 115 Å². The second-order valence-electron chi connectivity index (χ2n) is 9.24. The molecule has 0 aromatic heterocycles. The van der Waals surface area contributed by atoms with Crippen molar-refractivity contribution in [1.82, 2.24) is 10.6 Å². The fourth-order valence-corrected chi connectivity index (χ4v) is 4.52. The van der Waals surface area contributed by atoms with Crippen molar-refractivity contribution in [2.45, 2.75) is 44.1 Å². The monoisotopic (exact) mass is 518 g/mol. The summed E-state index contributed by atoms with van der Waals surface area (Å²) in [7, 11) is 0. The van der Waals surface area contributed by atoms with E-state index in [0.717, 1.165) is 17.1 Å². The minimum atomic E-state index is -0.600. The Labute approximate surface area is 220 Å². The zero-order chi connectivity index (χ0) is 26.3. The Kier molecular flexibility index (Phi) is 8.06. The third-order valence-corrected chi connectivity index (χ3v) is 6.55. The maximum Gasteiger partial charge on any atom is 0.251 e. The standard InChI is InChI=1S/C29H30N2O7/c32-17-27-24(31-29(34)20-8-13-25-26(14-20)36-18-35-25)12-11-23(38-27)15-28(33)30-16-19-6-9-22(10-7-19)37-21-4-2-1-3-5-21/h1-10,13-14,23-24,27,32H,11-12,15-18H2,(H,30,33)(H,31,34)/t23-,24-,27+/m0/s1. The van der Waals surface area contributed by atoms with Gasteiger partial charge in [-0.1, -0.05) is 30.3 Å². The lowest BCUT2D eigenvalue weighted by atomic mass is 9.96. The van der Waals surface area contributed by atoms with Gasteiger partial charge in [0.1, 0.15) is 17.6 Å². The number of aliphatic hydroxyl groups excluding tert-OH is 1. The van der Waals surface area contributed by atoms with Gasteiger partial charge in [-0.3, -0.25) is 9.59 Å². The van der Waals surface area contributed by atoms with Gasteiger partial charge in [-0.2, -0.15) is 0 Å². The van der Waals surface area contributed by atoms with Crippen molar-refractivity contribution >= 4 is 11.8 Å². The third-order valence-electron chi connectivity index (χ3n) is 6.55. The lowest BCUT2D eigenvalue weighted by molar-refractivity contribution is -0.131. The molecule has 0 saturated carbocycles. The molecule has 3 atom stereocenters. The van der Waals surface area contributed by atoms with Crippen LogP contribution in [0.4, 0.5) is 0 Å². The fraction of sp³-hybridized carbons (Fsp3) is 0.310. The van der Waals surface area contributed by atoms with E-state index in [-0.39, 0.29) is 43.8 Å². The summed E-state index contributed by atoms with van der Waals surface area (Å²) >= 11 is 0. The molecular formula is C29H30N2O7. The smallest absolute Gasteiger partial charge is 0.251 e. The Morgan fingerprint density at radius 1 is 0.921 bits per heavy atom. The quantitative estimate of drug-likeness (QED) is 0.397. The minimum Gasteiger partial charge on any atom is -0.457 e. The van der Waals surface area contributed by atoms with Crippen LogP contribution >= 0.6 is 0 Å². The van der Waals surface area contributed by atoms with Crippen molar-refractivity contribution < 1.29 is 33.6 Å². The van der Waals surface area contributed by atoms with Gasteiger partial charge in [-0.15, -0.1) is 0 Å². The van der Waals surface area contributed by atoms with Gasteiger partial charge in [0.2, 0.25) is 12.7 Å². The summed E-state index contributed by atoms with van der Waals surface area (Å²) in [6, 6.07) is 21.7. The first-order valence-corrected chi connectivity index (χ1v) is 12.6. The number of benzene rings is 3. The zero-order valence-electron chi connectivity index (χ0n) is 20.8. The van der Waals surface area contributed by atoms with Crippen LogP contribution in [0.25, 0.3) is 0 Å². The Morgan fingerprint density at radius 2 is 1.68 bits per heavy atom. The first kappa shape index (κ1) is 25.6. The predicted molar refractivity (Wildman–Crippen MR) is 138 cm³/mol. The summed E-state index contributed by atoms with van der Waals surface area (Å²) < 4.78 is 22.4. The highest BCUT2D eigenvalue weighted by Gasteiger charge is 2.33. The summed E-state index contributed by atoms with van der Waals surface area (Å²) in [5, 5.41) is 15.7. The number of hydrogen-bond donors (Lipinski definition) is 3. The number of aliphatic hydroxyl groups is 1. The summed E-state index contributed by atoms with van der Waals surface area (Å²) in [4.78, 5) is 25.3. The number of hydrogen-bond acceptors (Lipinski definition) is 7. The molecule has 5 rings (SSSR count). The van der Waals surface area contributed by atoms with Crippen molar-refractivity contribution in [3.8, 4) is 23.0 Å². The number of fused-ring (bicyclic) bond motifs is 1. The molecule has 0 radical (unpaired) electrons. The van der Waals surface area contributed by atoms with Crippen LogP contribution in [0.3, 0.4) is 0 Å². The van der Waals surface area contributed by atoms with Crippen LogP contribution in [-0.4, -0.2) is 48.6 Å². The van der Waals surface area contributed by atoms with Crippen LogP contribution in [0.15, 0.2) is 72.8 Å². The molecule has 2 aliphatic heterocycles. The summed E-state index contributed by atoms with van der Waals surface area (Å²) in [6.07, 6.45) is 0.405. The molecule has 0 spiro atoms. The van der Waals surface area contributed by atoms with E-state index >= 15 is 0 Å². The van der Waals surface area contributed by atoms with Crippen molar-refractivity contribution in [1.29, 1.82) is 0 Å². The Bertz CT molecular complexity index is 1250. The molecule has 1 fully saturated rings. The van der Waals surface area contributed by atoms with Gasteiger partial charge in [-0.05, 0) is 60.9 Å². The SMILES string of the molecule is O=C(C[C@@H]1CC[C@H](NC(=O)c2ccc3c(c2)OCO3)[C@@H](CO)O1)NCc1ccc(Oc2ccccc2)cc1. The van der Waals surface area contributed by atoms with Gasteiger partial charge in [0.15, 0.2) is 11.5 Å². The molecule has 3 N–H and O–H groups in total. The molecule has 9 nitrogen and oxygen atoms in total. The molecule has 38 heavy (non-hydrogen) atoms. The average molecular weight is 519 g/mol. The number of carbonyl (C=O) groups excluding carboxylic acids is 2. The molecule has 0 unspecified atom stereocenters. The number of amides is 2. The number of carbonyl (C=O) groups is 2. The van der Waals surface area contributed by atoms with Crippen molar-refractivity contribution in [2.24, 2.45) is 0 Å². The highest BCUT2D eigenvalue weighted by Crippen LogP contribution is 2.32. The molecule has 9 heteroatoms.